The molecule has 0 fully saturated rings. The average molecular weight is 264 g/mol. The van der Waals surface area contributed by atoms with Gasteiger partial charge < -0.3 is 9.84 Å². The van der Waals surface area contributed by atoms with Crippen LogP contribution in [-0.2, 0) is 9.53 Å². The molecule has 106 valence electrons. The monoisotopic (exact) mass is 264 g/mol. The fourth-order valence-corrected chi connectivity index (χ4v) is 1.63. The van der Waals surface area contributed by atoms with E-state index in [0.29, 0.717) is 13.0 Å². The third kappa shape index (κ3) is 16.6. The highest BCUT2D eigenvalue weighted by Crippen LogP contribution is 2.09. The predicted molar refractivity (Wildman–Crippen MR) is 76.6 cm³/mol. The normalized spacial score (nSPS) is 9.11. The Hall–Kier alpha value is -1.45. The minimum Gasteiger partial charge on any atom is -0.481 e. The SMILES string of the molecule is COCC#CC#CCCCCCCCCCC(=O)O. The van der Waals surface area contributed by atoms with Gasteiger partial charge in [-0.3, -0.25) is 4.79 Å². The number of hydrogen-bond donors (Lipinski definition) is 1. The minimum atomic E-state index is -0.688. The summed E-state index contributed by atoms with van der Waals surface area (Å²) < 4.78 is 4.78. The Morgan fingerprint density at radius 2 is 1.53 bits per heavy atom. The van der Waals surface area contributed by atoms with Crippen molar-refractivity contribution in [3.63, 3.8) is 0 Å². The van der Waals surface area contributed by atoms with Crippen LogP contribution in [0.4, 0.5) is 0 Å². The molecule has 0 heterocycles. The molecule has 0 rings (SSSR count). The summed E-state index contributed by atoms with van der Waals surface area (Å²) in [5, 5.41) is 8.48. The molecule has 0 amide bonds. The van der Waals surface area contributed by atoms with Gasteiger partial charge in [0.15, 0.2) is 0 Å². The fourth-order valence-electron chi connectivity index (χ4n) is 1.63. The second kappa shape index (κ2) is 14.6. The van der Waals surface area contributed by atoms with E-state index in [1.807, 2.05) is 0 Å². The van der Waals surface area contributed by atoms with E-state index in [9.17, 15) is 4.79 Å². The summed E-state index contributed by atoms with van der Waals surface area (Å²) in [6, 6.07) is 0. The second-order valence-corrected chi connectivity index (χ2v) is 4.41. The maximum atomic E-state index is 10.3. The Morgan fingerprint density at radius 3 is 2.16 bits per heavy atom. The van der Waals surface area contributed by atoms with Crippen molar-refractivity contribution in [3.8, 4) is 23.7 Å². The third-order valence-corrected chi connectivity index (χ3v) is 2.65. The van der Waals surface area contributed by atoms with Gasteiger partial charge in [-0.05, 0) is 24.7 Å². The van der Waals surface area contributed by atoms with Crippen LogP contribution in [0.5, 0.6) is 0 Å². The first-order valence-electron chi connectivity index (χ1n) is 6.94. The number of rotatable bonds is 10. The fraction of sp³-hybridized carbons (Fsp3) is 0.688. The molecule has 0 unspecified atom stereocenters. The minimum absolute atomic E-state index is 0.305. The van der Waals surface area contributed by atoms with Crippen LogP contribution < -0.4 is 0 Å². The van der Waals surface area contributed by atoms with Crippen molar-refractivity contribution in [3.05, 3.63) is 0 Å². The largest absolute Gasteiger partial charge is 0.481 e. The highest BCUT2D eigenvalue weighted by molar-refractivity contribution is 5.66. The second-order valence-electron chi connectivity index (χ2n) is 4.41. The van der Waals surface area contributed by atoms with Gasteiger partial charge in [0.1, 0.15) is 6.61 Å². The lowest BCUT2D eigenvalue weighted by atomic mass is 10.1. The molecule has 3 heteroatoms. The lowest BCUT2D eigenvalue weighted by Gasteiger charge is -1.99. The van der Waals surface area contributed by atoms with Gasteiger partial charge in [-0.15, -0.1) is 0 Å². The van der Waals surface area contributed by atoms with Crippen molar-refractivity contribution in [1.82, 2.24) is 0 Å². The van der Waals surface area contributed by atoms with E-state index < -0.39 is 5.97 Å². The van der Waals surface area contributed by atoms with Gasteiger partial charge in [0, 0.05) is 20.0 Å². The van der Waals surface area contributed by atoms with E-state index >= 15 is 0 Å². The number of unbranched alkanes of at least 4 members (excludes halogenated alkanes) is 7. The Bertz CT molecular complexity index is 338. The van der Waals surface area contributed by atoms with Crippen LogP contribution in [0.1, 0.15) is 57.8 Å². The molecule has 0 aromatic rings. The van der Waals surface area contributed by atoms with Crippen LogP contribution >= 0.6 is 0 Å². The molecule has 0 aliphatic carbocycles. The maximum absolute atomic E-state index is 10.3. The van der Waals surface area contributed by atoms with Crippen molar-refractivity contribution in [2.75, 3.05) is 13.7 Å². The third-order valence-electron chi connectivity index (χ3n) is 2.65. The highest BCUT2D eigenvalue weighted by atomic mass is 16.5. The van der Waals surface area contributed by atoms with Gasteiger partial charge >= 0.3 is 5.97 Å². The van der Waals surface area contributed by atoms with Gasteiger partial charge in [0.25, 0.3) is 0 Å². The van der Waals surface area contributed by atoms with Crippen LogP contribution in [0.3, 0.4) is 0 Å². The van der Waals surface area contributed by atoms with Crippen LogP contribution in [0.25, 0.3) is 0 Å². The van der Waals surface area contributed by atoms with E-state index in [-0.39, 0.29) is 0 Å². The summed E-state index contributed by atoms with van der Waals surface area (Å²) in [7, 11) is 1.61. The molecule has 0 bridgehead atoms. The Kier molecular flexibility index (Phi) is 13.5. The lowest BCUT2D eigenvalue weighted by molar-refractivity contribution is -0.137. The summed E-state index contributed by atoms with van der Waals surface area (Å²) in [6.45, 7) is 0.441. The zero-order valence-corrected chi connectivity index (χ0v) is 11.8. The zero-order valence-electron chi connectivity index (χ0n) is 11.8. The first-order valence-corrected chi connectivity index (χ1v) is 6.94. The van der Waals surface area contributed by atoms with Crippen molar-refractivity contribution >= 4 is 5.97 Å². The zero-order chi connectivity index (χ0) is 14.2. The molecule has 0 radical (unpaired) electrons. The first-order chi connectivity index (χ1) is 9.27. The van der Waals surface area contributed by atoms with Gasteiger partial charge in [-0.1, -0.05) is 43.9 Å². The molecule has 0 aliphatic rings. The summed E-state index contributed by atoms with van der Waals surface area (Å²) in [6.07, 6.45) is 8.90. The molecule has 0 aromatic carbocycles. The molecule has 19 heavy (non-hydrogen) atoms. The number of carbonyl (C=O) groups is 1. The van der Waals surface area contributed by atoms with E-state index in [1.165, 1.54) is 19.3 Å². The Morgan fingerprint density at radius 1 is 0.947 bits per heavy atom. The molecule has 3 nitrogen and oxygen atoms in total. The standard InChI is InChI=1S/C16H24O3/c1-19-15-13-11-9-7-5-3-2-4-6-8-10-12-14-16(17)18/h2-6,8,10,12,14-15H2,1H3,(H,17,18). The number of carboxylic acid groups (broad SMARTS) is 1. The molecule has 0 spiro atoms. The van der Waals surface area contributed by atoms with Crippen LogP contribution in [0.15, 0.2) is 0 Å². The quantitative estimate of drug-likeness (QED) is 0.487. The number of carboxylic acids is 1. The topological polar surface area (TPSA) is 46.5 Å². The van der Waals surface area contributed by atoms with E-state index in [1.54, 1.807) is 7.11 Å². The molecule has 1 N–H and O–H groups in total. The predicted octanol–water partition coefficient (Wildman–Crippen LogP) is 3.24. The van der Waals surface area contributed by atoms with E-state index in [2.05, 4.69) is 23.7 Å². The number of aliphatic carboxylic acids is 1. The van der Waals surface area contributed by atoms with Crippen molar-refractivity contribution in [2.24, 2.45) is 0 Å². The van der Waals surface area contributed by atoms with Gasteiger partial charge in [-0.2, -0.15) is 0 Å². The summed E-state index contributed by atoms with van der Waals surface area (Å²) in [5.74, 6) is 10.7. The lowest BCUT2D eigenvalue weighted by Crippen LogP contribution is -1.93. The van der Waals surface area contributed by atoms with Crippen LogP contribution in [0, 0.1) is 23.7 Å². The highest BCUT2D eigenvalue weighted by Gasteiger charge is 1.96. The number of methoxy groups -OCH3 is 1. The number of hydrogen-bond acceptors (Lipinski definition) is 2. The maximum Gasteiger partial charge on any atom is 0.303 e. The molecule has 0 aromatic heterocycles. The Balaban J connectivity index is 3.19. The van der Waals surface area contributed by atoms with Crippen LogP contribution in [0.2, 0.25) is 0 Å². The van der Waals surface area contributed by atoms with Crippen LogP contribution in [-0.4, -0.2) is 24.8 Å². The van der Waals surface area contributed by atoms with Gasteiger partial charge in [0.05, 0.1) is 0 Å². The van der Waals surface area contributed by atoms with Crippen molar-refractivity contribution in [1.29, 1.82) is 0 Å². The Labute approximate surface area is 116 Å². The molecular formula is C16H24O3. The summed E-state index contributed by atoms with van der Waals surface area (Å²) >= 11 is 0. The molecule has 0 saturated heterocycles. The average Bonchev–Trinajstić information content (AvgIpc) is 2.39. The van der Waals surface area contributed by atoms with Gasteiger partial charge in [0.2, 0.25) is 0 Å². The summed E-state index contributed by atoms with van der Waals surface area (Å²) in [5.41, 5.74) is 0. The van der Waals surface area contributed by atoms with Gasteiger partial charge in [-0.25, -0.2) is 0 Å². The van der Waals surface area contributed by atoms with Crippen molar-refractivity contribution in [2.45, 2.75) is 57.8 Å². The molecule has 0 aliphatic heterocycles. The van der Waals surface area contributed by atoms with E-state index in [0.717, 1.165) is 32.1 Å². The molecular weight excluding hydrogens is 240 g/mol. The number of ether oxygens (including phenoxy) is 1. The van der Waals surface area contributed by atoms with E-state index in [4.69, 9.17) is 9.84 Å². The van der Waals surface area contributed by atoms with Crippen molar-refractivity contribution < 1.29 is 14.6 Å². The molecule has 0 atom stereocenters. The molecule has 0 saturated carbocycles. The smallest absolute Gasteiger partial charge is 0.303 e. The summed E-state index contributed by atoms with van der Waals surface area (Å²) in [4.78, 5) is 10.3. The first kappa shape index (κ1) is 17.6.